The summed E-state index contributed by atoms with van der Waals surface area (Å²) in [5.74, 6) is -4.61. The highest BCUT2D eigenvalue weighted by molar-refractivity contribution is 8.13. The van der Waals surface area contributed by atoms with Gasteiger partial charge in [0.1, 0.15) is 5.75 Å². The summed E-state index contributed by atoms with van der Waals surface area (Å²) in [5.41, 5.74) is -1.39. The maximum Gasteiger partial charge on any atom is 0.267 e. The van der Waals surface area contributed by atoms with Crippen molar-refractivity contribution >= 4 is 19.7 Å². The van der Waals surface area contributed by atoms with Crippen molar-refractivity contribution in [1.29, 1.82) is 0 Å². The van der Waals surface area contributed by atoms with E-state index in [-0.39, 0.29) is 0 Å². The van der Waals surface area contributed by atoms with Gasteiger partial charge in [-0.25, -0.2) is 17.2 Å². The Balaban J connectivity index is 4.67. The molecule has 0 atom stereocenters. The Kier molecular flexibility index (Phi) is 3.13. The van der Waals surface area contributed by atoms with Crippen molar-refractivity contribution in [3.05, 3.63) is 0 Å². The van der Waals surface area contributed by atoms with Crippen LogP contribution in [0.2, 0.25) is 0 Å². The minimum Gasteiger partial charge on any atom is -0.212 e. The highest BCUT2D eigenvalue weighted by atomic mass is 35.7. The number of hydrogen-bond donors (Lipinski definition) is 0. The van der Waals surface area contributed by atoms with Crippen LogP contribution < -0.4 is 0 Å². The number of alkyl halides is 2. The van der Waals surface area contributed by atoms with E-state index in [2.05, 4.69) is 0 Å². The third-order valence-corrected chi connectivity index (χ3v) is 2.49. The molecular formula is C6H11ClF2O2S. The van der Waals surface area contributed by atoms with E-state index < -0.39 is 26.1 Å². The zero-order chi connectivity index (χ0) is 10.2. The fourth-order valence-corrected chi connectivity index (χ4v) is 1.71. The summed E-state index contributed by atoms with van der Waals surface area (Å²) in [7, 11) is 0.573. The second-order valence-corrected chi connectivity index (χ2v) is 6.41. The molecule has 0 rings (SSSR count). The first kappa shape index (κ1) is 12.1. The van der Waals surface area contributed by atoms with Crippen LogP contribution >= 0.6 is 10.7 Å². The predicted octanol–water partition coefficient (Wildman–Crippen LogP) is 2.24. The van der Waals surface area contributed by atoms with Crippen molar-refractivity contribution in [2.45, 2.75) is 26.7 Å². The Morgan fingerprint density at radius 1 is 1.25 bits per heavy atom. The standard InChI is InChI=1S/C6H11ClF2O2S/c1-5(2,3)6(8,9)4-12(7,10)11/h4H2,1-3H3. The molecule has 0 aromatic heterocycles. The molecule has 0 amide bonds. The van der Waals surface area contributed by atoms with Crippen molar-refractivity contribution < 1.29 is 17.2 Å². The first-order valence-corrected chi connectivity index (χ1v) is 5.74. The summed E-state index contributed by atoms with van der Waals surface area (Å²) >= 11 is 0. The fraction of sp³-hybridized carbons (Fsp3) is 1.00. The third-order valence-electron chi connectivity index (χ3n) is 1.45. The molecule has 6 heteroatoms. The minimum atomic E-state index is -4.14. The zero-order valence-electron chi connectivity index (χ0n) is 7.07. The van der Waals surface area contributed by atoms with Gasteiger partial charge in [-0.15, -0.1) is 0 Å². The van der Waals surface area contributed by atoms with Gasteiger partial charge in [0.2, 0.25) is 9.05 Å². The van der Waals surface area contributed by atoms with Crippen LogP contribution in [0.3, 0.4) is 0 Å². The summed E-state index contributed by atoms with van der Waals surface area (Å²) in [6, 6.07) is 0. The SMILES string of the molecule is CC(C)(C)C(F)(F)CS(=O)(=O)Cl. The number of rotatable bonds is 2. The molecule has 74 valence electrons. The molecule has 0 heterocycles. The topological polar surface area (TPSA) is 34.1 Å². The van der Waals surface area contributed by atoms with Gasteiger partial charge < -0.3 is 0 Å². The summed E-state index contributed by atoms with van der Waals surface area (Å²) in [6.07, 6.45) is 0. The van der Waals surface area contributed by atoms with Crippen LogP contribution in [0, 0.1) is 5.41 Å². The van der Waals surface area contributed by atoms with Gasteiger partial charge in [-0.2, -0.15) is 0 Å². The molecule has 0 bridgehead atoms. The Hall–Kier alpha value is 0.1000. The fourth-order valence-electron chi connectivity index (χ4n) is 0.433. The van der Waals surface area contributed by atoms with E-state index >= 15 is 0 Å². The smallest absolute Gasteiger partial charge is 0.212 e. The van der Waals surface area contributed by atoms with Crippen LogP contribution in [0.5, 0.6) is 0 Å². The molecule has 2 nitrogen and oxygen atoms in total. The second-order valence-electron chi connectivity index (χ2n) is 3.64. The molecule has 0 saturated heterocycles. The van der Waals surface area contributed by atoms with E-state index in [0.717, 1.165) is 0 Å². The average molecular weight is 221 g/mol. The molecular weight excluding hydrogens is 210 g/mol. The molecule has 0 fully saturated rings. The molecule has 0 unspecified atom stereocenters. The lowest BCUT2D eigenvalue weighted by Crippen LogP contribution is -2.39. The van der Waals surface area contributed by atoms with Crippen LogP contribution in [0.1, 0.15) is 20.8 Å². The molecule has 0 radical (unpaired) electrons. The Bertz CT molecular complexity index is 253. The van der Waals surface area contributed by atoms with Gasteiger partial charge in [0.05, 0.1) is 0 Å². The maximum absolute atomic E-state index is 13.0. The number of halogens is 3. The van der Waals surface area contributed by atoms with E-state index in [1.807, 2.05) is 0 Å². The average Bonchev–Trinajstić information content (AvgIpc) is 1.52. The van der Waals surface area contributed by atoms with Crippen molar-refractivity contribution in [3.8, 4) is 0 Å². The van der Waals surface area contributed by atoms with Crippen molar-refractivity contribution in [2.75, 3.05) is 5.75 Å². The predicted molar refractivity (Wildman–Crippen MR) is 44.0 cm³/mol. The molecule has 0 aliphatic rings. The summed E-state index contributed by atoms with van der Waals surface area (Å²) < 4.78 is 46.7. The van der Waals surface area contributed by atoms with E-state index in [9.17, 15) is 17.2 Å². The molecule has 0 N–H and O–H groups in total. The normalized spacial score (nSPS) is 14.8. The van der Waals surface area contributed by atoms with E-state index in [1.165, 1.54) is 20.8 Å². The molecule has 0 aromatic rings. The van der Waals surface area contributed by atoms with Gasteiger partial charge in [-0.05, 0) is 0 Å². The highest BCUT2D eigenvalue weighted by Crippen LogP contribution is 2.37. The molecule has 12 heavy (non-hydrogen) atoms. The first-order chi connectivity index (χ1) is 4.96. The van der Waals surface area contributed by atoms with Crippen LogP contribution in [0.25, 0.3) is 0 Å². The summed E-state index contributed by atoms with van der Waals surface area (Å²) in [5, 5.41) is 0. The van der Waals surface area contributed by atoms with E-state index in [4.69, 9.17) is 10.7 Å². The van der Waals surface area contributed by atoms with Crippen LogP contribution in [-0.4, -0.2) is 20.1 Å². The second kappa shape index (κ2) is 3.10. The van der Waals surface area contributed by atoms with Crippen molar-refractivity contribution in [3.63, 3.8) is 0 Å². The van der Waals surface area contributed by atoms with Gasteiger partial charge >= 0.3 is 0 Å². The minimum absolute atomic E-state index is 1.26. The zero-order valence-corrected chi connectivity index (χ0v) is 8.64. The van der Waals surface area contributed by atoms with E-state index in [0.29, 0.717) is 0 Å². The van der Waals surface area contributed by atoms with Crippen LogP contribution in [-0.2, 0) is 9.05 Å². The van der Waals surface area contributed by atoms with Crippen LogP contribution in [0.4, 0.5) is 8.78 Å². The third kappa shape index (κ3) is 3.67. The van der Waals surface area contributed by atoms with Gasteiger partial charge in [-0.1, -0.05) is 20.8 Å². The monoisotopic (exact) mass is 220 g/mol. The lowest BCUT2D eigenvalue weighted by molar-refractivity contribution is -0.0748. The lowest BCUT2D eigenvalue weighted by Gasteiger charge is -2.28. The first-order valence-electron chi connectivity index (χ1n) is 3.26. The van der Waals surface area contributed by atoms with Crippen LogP contribution in [0.15, 0.2) is 0 Å². The lowest BCUT2D eigenvalue weighted by atomic mass is 9.89. The number of hydrogen-bond acceptors (Lipinski definition) is 2. The highest BCUT2D eigenvalue weighted by Gasteiger charge is 2.46. The van der Waals surface area contributed by atoms with Crippen molar-refractivity contribution in [2.24, 2.45) is 5.41 Å². The Morgan fingerprint density at radius 3 is 1.67 bits per heavy atom. The molecule has 0 aliphatic heterocycles. The Morgan fingerprint density at radius 2 is 1.58 bits per heavy atom. The molecule has 0 spiro atoms. The van der Waals surface area contributed by atoms with Gasteiger partial charge in [0.15, 0.2) is 0 Å². The summed E-state index contributed by atoms with van der Waals surface area (Å²) in [6.45, 7) is 3.78. The van der Waals surface area contributed by atoms with Gasteiger partial charge in [0.25, 0.3) is 5.92 Å². The van der Waals surface area contributed by atoms with Gasteiger partial charge in [-0.3, -0.25) is 0 Å². The molecule has 0 aliphatic carbocycles. The van der Waals surface area contributed by atoms with Crippen molar-refractivity contribution in [1.82, 2.24) is 0 Å². The molecule has 0 saturated carbocycles. The maximum atomic E-state index is 13.0. The largest absolute Gasteiger partial charge is 0.267 e. The summed E-state index contributed by atoms with van der Waals surface area (Å²) in [4.78, 5) is 0. The quantitative estimate of drug-likeness (QED) is 0.669. The Labute approximate surface area is 75.3 Å². The van der Waals surface area contributed by atoms with Gasteiger partial charge in [0, 0.05) is 16.1 Å². The molecule has 0 aromatic carbocycles. The van der Waals surface area contributed by atoms with E-state index in [1.54, 1.807) is 0 Å².